The Balaban J connectivity index is 1.49. The van der Waals surface area contributed by atoms with E-state index in [2.05, 4.69) is 6.92 Å². The molecule has 47 heavy (non-hydrogen) atoms. The summed E-state index contributed by atoms with van der Waals surface area (Å²) in [5.41, 5.74) is 3.38. The van der Waals surface area contributed by atoms with E-state index in [1.165, 1.54) is 0 Å². The first-order chi connectivity index (χ1) is 22.6. The van der Waals surface area contributed by atoms with Crippen molar-refractivity contribution in [2.75, 3.05) is 13.1 Å². The average molecular weight is 646 g/mol. The smallest absolute Gasteiger partial charge is 0.269 e. The van der Waals surface area contributed by atoms with Crippen LogP contribution >= 0.6 is 0 Å². The molecule has 2 aliphatic heterocycles. The Morgan fingerprint density at radius 1 is 0.979 bits per heavy atom. The van der Waals surface area contributed by atoms with Gasteiger partial charge in [-0.15, -0.1) is 0 Å². The molecule has 9 nitrogen and oxygen atoms in total. The molecule has 6 rings (SSSR count). The number of imide groups is 1. The Kier molecular flexibility index (Phi) is 8.78. The molecule has 0 radical (unpaired) electrons. The summed E-state index contributed by atoms with van der Waals surface area (Å²) in [5.74, 6) is -0.898. The predicted molar refractivity (Wildman–Crippen MR) is 179 cm³/mol. The van der Waals surface area contributed by atoms with Crippen molar-refractivity contribution in [2.24, 2.45) is 5.92 Å². The lowest BCUT2D eigenvalue weighted by molar-refractivity contribution is -0.143. The molecule has 3 heterocycles. The Hall–Kier alpha value is -5.11. The van der Waals surface area contributed by atoms with Crippen molar-refractivity contribution in [1.29, 1.82) is 5.26 Å². The van der Waals surface area contributed by atoms with Crippen molar-refractivity contribution in [2.45, 2.75) is 44.6 Å². The fourth-order valence-corrected chi connectivity index (χ4v) is 7.88. The summed E-state index contributed by atoms with van der Waals surface area (Å²) in [4.78, 5) is 28.9. The second-order valence-electron chi connectivity index (χ2n) is 12.1. The molecule has 0 bridgehead atoms. The van der Waals surface area contributed by atoms with Crippen LogP contribution in [-0.2, 0) is 19.6 Å². The van der Waals surface area contributed by atoms with Crippen LogP contribution in [0.3, 0.4) is 0 Å². The lowest BCUT2D eigenvalue weighted by Crippen LogP contribution is -2.44. The fourth-order valence-electron chi connectivity index (χ4n) is 6.24. The van der Waals surface area contributed by atoms with E-state index in [0.29, 0.717) is 29.9 Å². The zero-order chi connectivity index (χ0) is 33.3. The van der Waals surface area contributed by atoms with E-state index >= 15 is 0 Å². The van der Waals surface area contributed by atoms with Gasteiger partial charge in [-0.05, 0) is 74.1 Å². The van der Waals surface area contributed by atoms with Crippen molar-refractivity contribution in [1.82, 2.24) is 19.0 Å². The highest BCUT2D eigenvalue weighted by molar-refractivity contribution is 7.89. The highest BCUT2D eigenvalue weighted by Gasteiger charge is 2.39. The quantitative estimate of drug-likeness (QED) is 0.172. The number of carbonyl (C=O) groups is 2. The molecule has 2 amide bonds. The summed E-state index contributed by atoms with van der Waals surface area (Å²) in [5, 5.41) is 14.9. The number of para-hydroxylation sites is 1. The Bertz CT molecular complexity index is 2060. The zero-order valence-electron chi connectivity index (χ0n) is 26.5. The summed E-state index contributed by atoms with van der Waals surface area (Å²) >= 11 is 0. The maximum atomic E-state index is 14.1. The van der Waals surface area contributed by atoms with Gasteiger partial charge in [-0.1, -0.05) is 67.6 Å². The van der Waals surface area contributed by atoms with Gasteiger partial charge in [0.15, 0.2) is 0 Å². The molecule has 1 aromatic heterocycles. The first-order valence-corrected chi connectivity index (χ1v) is 17.1. The molecule has 1 saturated heterocycles. The van der Waals surface area contributed by atoms with Crippen LogP contribution in [0.15, 0.2) is 113 Å². The van der Waals surface area contributed by atoms with Gasteiger partial charge >= 0.3 is 0 Å². The van der Waals surface area contributed by atoms with E-state index in [0.717, 1.165) is 29.0 Å². The van der Waals surface area contributed by atoms with Crippen LogP contribution in [0.25, 0.3) is 23.0 Å². The van der Waals surface area contributed by atoms with Crippen LogP contribution in [0.4, 0.5) is 0 Å². The third-order valence-corrected chi connectivity index (χ3v) is 10.7. The second kappa shape index (κ2) is 12.9. The SMILES string of the molecule is CC1=C(C#N)C(=O)N(C(C)c2ccccc2)C(=O)/C1=C/c1cn(-c2ccccc2)nc1-c1cccc(S(=O)(=O)N2CCCC(C)C2)c1. The number of nitrogens with zero attached hydrogens (tertiary/aromatic N) is 5. The van der Waals surface area contributed by atoms with Crippen LogP contribution in [0.5, 0.6) is 0 Å². The molecule has 10 heteroatoms. The molecular weight excluding hydrogens is 611 g/mol. The van der Waals surface area contributed by atoms with Crippen LogP contribution in [0, 0.1) is 17.2 Å². The van der Waals surface area contributed by atoms with E-state index in [1.807, 2.05) is 66.7 Å². The van der Waals surface area contributed by atoms with Gasteiger partial charge in [-0.2, -0.15) is 14.7 Å². The minimum Gasteiger partial charge on any atom is -0.269 e. The van der Waals surface area contributed by atoms with E-state index in [4.69, 9.17) is 5.10 Å². The van der Waals surface area contributed by atoms with Gasteiger partial charge in [0, 0.05) is 36.0 Å². The third-order valence-electron chi connectivity index (χ3n) is 8.87. The number of benzene rings is 3. The second-order valence-corrected chi connectivity index (χ2v) is 14.0. The molecule has 0 spiro atoms. The molecule has 0 saturated carbocycles. The van der Waals surface area contributed by atoms with E-state index in [-0.39, 0.29) is 27.5 Å². The maximum Gasteiger partial charge on any atom is 0.272 e. The number of piperidine rings is 1. The number of aromatic nitrogens is 2. The summed E-state index contributed by atoms with van der Waals surface area (Å²) in [6.07, 6.45) is 5.21. The highest BCUT2D eigenvalue weighted by Crippen LogP contribution is 2.35. The minimum absolute atomic E-state index is 0.112. The molecular formula is C37H35N5O4S. The van der Waals surface area contributed by atoms with Gasteiger partial charge in [-0.25, -0.2) is 13.1 Å². The average Bonchev–Trinajstić information content (AvgIpc) is 3.52. The van der Waals surface area contributed by atoms with Crippen molar-refractivity contribution >= 4 is 27.9 Å². The third kappa shape index (κ3) is 6.08. The first-order valence-electron chi connectivity index (χ1n) is 15.6. The molecule has 0 aliphatic carbocycles. The Morgan fingerprint density at radius 3 is 2.36 bits per heavy atom. The van der Waals surface area contributed by atoms with Gasteiger partial charge < -0.3 is 0 Å². The maximum absolute atomic E-state index is 14.1. The van der Waals surface area contributed by atoms with E-state index < -0.39 is 27.9 Å². The van der Waals surface area contributed by atoms with E-state index in [9.17, 15) is 23.3 Å². The number of hydrogen-bond donors (Lipinski definition) is 0. The Labute approximate surface area is 275 Å². The molecule has 1 fully saturated rings. The number of hydrogen-bond acceptors (Lipinski definition) is 6. The topological polar surface area (TPSA) is 116 Å². The number of amides is 2. The molecule has 3 aromatic carbocycles. The molecule has 2 atom stereocenters. The molecule has 4 aromatic rings. The minimum atomic E-state index is -3.75. The number of carbonyl (C=O) groups excluding carboxylic acids is 2. The standard InChI is InChI=1S/C37H35N5O4S/c1-25-12-11-19-40(23-25)47(45,46)32-18-10-15-29(20-32)35-30(24-41(39-35)31-16-8-5-9-17-31)21-33-26(2)34(22-38)37(44)42(36(33)43)27(3)28-13-6-4-7-14-28/h4-10,13-18,20-21,24-25,27H,11-12,19,23H2,1-3H3/b33-21+. The fraction of sp³-hybridized carbons (Fsp3) is 0.243. The van der Waals surface area contributed by atoms with Gasteiger partial charge in [-0.3, -0.25) is 14.5 Å². The van der Waals surface area contributed by atoms with Crippen LogP contribution in [0.2, 0.25) is 0 Å². The lowest BCUT2D eigenvalue weighted by atomic mass is 9.91. The van der Waals surface area contributed by atoms with Crippen LogP contribution in [-0.4, -0.2) is 52.3 Å². The first kappa shape index (κ1) is 31.9. The largest absolute Gasteiger partial charge is 0.272 e. The number of sulfonamides is 1. The summed E-state index contributed by atoms with van der Waals surface area (Å²) in [7, 11) is -3.75. The summed E-state index contributed by atoms with van der Waals surface area (Å²) in [6, 6.07) is 26.7. The molecule has 0 N–H and O–H groups in total. The van der Waals surface area contributed by atoms with Crippen molar-refractivity contribution in [3.8, 4) is 23.0 Å². The highest BCUT2D eigenvalue weighted by atomic mass is 32.2. The monoisotopic (exact) mass is 645 g/mol. The number of nitriles is 1. The van der Waals surface area contributed by atoms with Crippen molar-refractivity contribution in [3.63, 3.8) is 0 Å². The zero-order valence-corrected chi connectivity index (χ0v) is 27.3. The van der Waals surface area contributed by atoms with Gasteiger partial charge in [0.25, 0.3) is 11.8 Å². The van der Waals surface area contributed by atoms with Gasteiger partial charge in [0.2, 0.25) is 10.0 Å². The van der Waals surface area contributed by atoms with Crippen molar-refractivity contribution in [3.05, 3.63) is 119 Å². The van der Waals surface area contributed by atoms with Crippen LogP contribution in [0.1, 0.15) is 50.8 Å². The molecule has 238 valence electrons. The predicted octanol–water partition coefficient (Wildman–Crippen LogP) is 6.31. The lowest BCUT2D eigenvalue weighted by Gasteiger charge is -2.32. The van der Waals surface area contributed by atoms with Gasteiger partial charge in [0.1, 0.15) is 17.3 Å². The Morgan fingerprint density at radius 2 is 1.68 bits per heavy atom. The van der Waals surface area contributed by atoms with Gasteiger partial charge in [0.05, 0.1) is 16.6 Å². The molecule has 2 unspecified atom stereocenters. The summed E-state index contributed by atoms with van der Waals surface area (Å²) < 4.78 is 30.6. The molecule has 2 aliphatic rings. The normalized spacial score (nSPS) is 19.2. The van der Waals surface area contributed by atoms with Crippen LogP contribution < -0.4 is 0 Å². The summed E-state index contributed by atoms with van der Waals surface area (Å²) in [6.45, 7) is 6.36. The van der Waals surface area contributed by atoms with E-state index in [1.54, 1.807) is 59.4 Å². The van der Waals surface area contributed by atoms with Crippen molar-refractivity contribution < 1.29 is 18.0 Å². The number of rotatable bonds is 7.